The van der Waals surface area contributed by atoms with Gasteiger partial charge in [-0.3, -0.25) is 5.10 Å². The number of benzene rings is 1. The van der Waals surface area contributed by atoms with E-state index in [0.717, 1.165) is 24.2 Å². The van der Waals surface area contributed by atoms with Crippen molar-refractivity contribution in [2.45, 2.75) is 19.8 Å². The van der Waals surface area contributed by atoms with E-state index in [0.29, 0.717) is 9.79 Å². The van der Waals surface area contributed by atoms with E-state index in [1.165, 1.54) is 0 Å². The predicted octanol–water partition coefficient (Wildman–Crippen LogP) is 3.43. The Bertz CT molecular complexity index is 597. The van der Waals surface area contributed by atoms with Gasteiger partial charge in [-0.2, -0.15) is 14.9 Å². The number of aromatic amines is 1. The van der Waals surface area contributed by atoms with Gasteiger partial charge in [-0.15, -0.1) is 0 Å². The summed E-state index contributed by atoms with van der Waals surface area (Å²) in [6.45, 7) is 2.09. The Morgan fingerprint density at radius 3 is 2.83 bits per heavy atom. The maximum absolute atomic E-state index is 5.82. The van der Waals surface area contributed by atoms with Gasteiger partial charge >= 0.3 is 0 Å². The van der Waals surface area contributed by atoms with Crippen molar-refractivity contribution < 1.29 is 0 Å². The monoisotopic (exact) mass is 280 g/mol. The van der Waals surface area contributed by atoms with E-state index >= 15 is 0 Å². The van der Waals surface area contributed by atoms with Gasteiger partial charge in [0.05, 0.1) is 6.21 Å². The zero-order valence-electron chi connectivity index (χ0n) is 9.93. The second kappa shape index (κ2) is 5.93. The Morgan fingerprint density at radius 2 is 2.17 bits per heavy atom. The first-order valence-corrected chi connectivity index (χ1v) is 6.45. The Labute approximate surface area is 115 Å². The van der Waals surface area contributed by atoms with E-state index in [1.54, 1.807) is 10.9 Å². The molecule has 0 radical (unpaired) electrons. The number of hydrogen-bond acceptors (Lipinski definition) is 3. The molecule has 1 heterocycles. The lowest BCUT2D eigenvalue weighted by atomic mass is 10.2. The third-order valence-corrected chi connectivity index (χ3v) is 2.90. The molecule has 0 aliphatic rings. The molecule has 18 heavy (non-hydrogen) atoms. The van der Waals surface area contributed by atoms with Crippen molar-refractivity contribution in [3.05, 3.63) is 45.4 Å². The van der Waals surface area contributed by atoms with Crippen molar-refractivity contribution in [2.24, 2.45) is 5.10 Å². The maximum Gasteiger partial charge on any atom is 0.216 e. The first-order chi connectivity index (χ1) is 8.70. The summed E-state index contributed by atoms with van der Waals surface area (Å²) in [5.74, 6) is 0.840. The summed E-state index contributed by atoms with van der Waals surface area (Å²) in [6.07, 6.45) is 3.57. The SMILES string of the molecule is CCCc1n[nH]c(=S)n1/N=C/c1ccc(Cl)cc1. The topological polar surface area (TPSA) is 46.0 Å². The normalized spacial score (nSPS) is 11.2. The van der Waals surface area contributed by atoms with Crippen LogP contribution in [-0.2, 0) is 6.42 Å². The standard InChI is InChI=1S/C12H13ClN4S/c1-2-3-11-15-16-12(18)17(11)14-8-9-4-6-10(13)7-5-9/h4-8H,2-3H2,1H3,(H,16,18)/b14-8+. The molecule has 0 aliphatic heterocycles. The van der Waals surface area contributed by atoms with E-state index in [2.05, 4.69) is 22.2 Å². The van der Waals surface area contributed by atoms with E-state index in [1.807, 2.05) is 24.3 Å². The third-order valence-electron chi connectivity index (χ3n) is 2.38. The van der Waals surface area contributed by atoms with Crippen LogP contribution in [-0.4, -0.2) is 21.1 Å². The van der Waals surface area contributed by atoms with Gasteiger partial charge in [0, 0.05) is 11.4 Å². The lowest BCUT2D eigenvalue weighted by molar-refractivity contribution is 0.740. The third kappa shape index (κ3) is 3.05. The van der Waals surface area contributed by atoms with Crippen molar-refractivity contribution in [2.75, 3.05) is 0 Å². The van der Waals surface area contributed by atoms with Crippen molar-refractivity contribution >= 4 is 30.0 Å². The molecule has 0 unspecified atom stereocenters. The molecule has 1 N–H and O–H groups in total. The van der Waals surface area contributed by atoms with Crippen LogP contribution in [0.3, 0.4) is 0 Å². The molecule has 2 rings (SSSR count). The number of halogens is 1. The van der Waals surface area contributed by atoms with E-state index < -0.39 is 0 Å². The van der Waals surface area contributed by atoms with Crippen LogP contribution in [0.25, 0.3) is 0 Å². The predicted molar refractivity (Wildman–Crippen MR) is 75.9 cm³/mol. The van der Waals surface area contributed by atoms with Gasteiger partial charge in [0.2, 0.25) is 4.77 Å². The molecular weight excluding hydrogens is 268 g/mol. The molecule has 94 valence electrons. The van der Waals surface area contributed by atoms with Gasteiger partial charge in [0.15, 0.2) is 5.82 Å². The quantitative estimate of drug-likeness (QED) is 0.689. The van der Waals surface area contributed by atoms with Gasteiger partial charge in [-0.1, -0.05) is 30.7 Å². The number of aromatic nitrogens is 3. The Hall–Kier alpha value is -1.46. The molecule has 4 nitrogen and oxygen atoms in total. The maximum atomic E-state index is 5.82. The zero-order chi connectivity index (χ0) is 13.0. The summed E-state index contributed by atoms with van der Waals surface area (Å²) in [6, 6.07) is 7.44. The molecule has 2 aromatic rings. The minimum atomic E-state index is 0.503. The Morgan fingerprint density at radius 1 is 1.44 bits per heavy atom. The number of nitrogens with zero attached hydrogens (tertiary/aromatic N) is 3. The molecule has 0 saturated heterocycles. The van der Waals surface area contributed by atoms with Crippen LogP contribution < -0.4 is 0 Å². The minimum Gasteiger partial charge on any atom is -0.250 e. The number of nitrogens with one attached hydrogen (secondary N) is 1. The van der Waals surface area contributed by atoms with Gasteiger partial charge in [0.25, 0.3) is 0 Å². The fraction of sp³-hybridized carbons (Fsp3) is 0.250. The number of rotatable bonds is 4. The average molecular weight is 281 g/mol. The molecule has 6 heteroatoms. The fourth-order valence-corrected chi connectivity index (χ4v) is 1.83. The van der Waals surface area contributed by atoms with Crippen LogP contribution in [0, 0.1) is 4.77 Å². The smallest absolute Gasteiger partial charge is 0.216 e. The molecule has 0 aliphatic carbocycles. The van der Waals surface area contributed by atoms with Gasteiger partial charge in [-0.05, 0) is 36.3 Å². The molecule has 0 atom stereocenters. The highest BCUT2D eigenvalue weighted by Crippen LogP contribution is 2.08. The molecule has 0 spiro atoms. The Kier molecular flexibility index (Phi) is 4.28. The molecule has 1 aromatic carbocycles. The first kappa shape index (κ1) is 13.0. The van der Waals surface area contributed by atoms with Gasteiger partial charge in [0.1, 0.15) is 0 Å². The number of hydrogen-bond donors (Lipinski definition) is 1. The second-order valence-electron chi connectivity index (χ2n) is 3.80. The average Bonchev–Trinajstić information content (AvgIpc) is 2.71. The molecule has 0 amide bonds. The van der Waals surface area contributed by atoms with Crippen molar-refractivity contribution in [1.82, 2.24) is 14.9 Å². The summed E-state index contributed by atoms with van der Waals surface area (Å²) >= 11 is 11.0. The van der Waals surface area contributed by atoms with Crippen molar-refractivity contribution in [1.29, 1.82) is 0 Å². The summed E-state index contributed by atoms with van der Waals surface area (Å²) in [4.78, 5) is 0. The van der Waals surface area contributed by atoms with Crippen LogP contribution in [0.1, 0.15) is 24.7 Å². The van der Waals surface area contributed by atoms with Crippen molar-refractivity contribution in [3.8, 4) is 0 Å². The van der Waals surface area contributed by atoms with Crippen LogP contribution in [0.2, 0.25) is 5.02 Å². The first-order valence-electron chi connectivity index (χ1n) is 5.67. The van der Waals surface area contributed by atoms with Crippen LogP contribution in [0.4, 0.5) is 0 Å². The van der Waals surface area contributed by atoms with E-state index in [-0.39, 0.29) is 0 Å². The highest BCUT2D eigenvalue weighted by Gasteiger charge is 2.02. The van der Waals surface area contributed by atoms with E-state index in [9.17, 15) is 0 Å². The van der Waals surface area contributed by atoms with E-state index in [4.69, 9.17) is 23.8 Å². The summed E-state index contributed by atoms with van der Waals surface area (Å²) in [5.41, 5.74) is 0.963. The molecular formula is C12H13ClN4S. The molecule has 0 fully saturated rings. The lowest BCUT2D eigenvalue weighted by Gasteiger charge is -1.98. The highest BCUT2D eigenvalue weighted by molar-refractivity contribution is 7.71. The minimum absolute atomic E-state index is 0.503. The fourth-order valence-electron chi connectivity index (χ4n) is 1.50. The summed E-state index contributed by atoms with van der Waals surface area (Å²) in [5, 5.41) is 11.9. The Balaban J connectivity index is 2.25. The van der Waals surface area contributed by atoms with Crippen LogP contribution in [0.15, 0.2) is 29.4 Å². The molecule has 0 bridgehead atoms. The number of aryl methyl sites for hydroxylation is 1. The van der Waals surface area contributed by atoms with Crippen LogP contribution >= 0.6 is 23.8 Å². The second-order valence-corrected chi connectivity index (χ2v) is 4.63. The summed E-state index contributed by atoms with van der Waals surface area (Å²) in [7, 11) is 0. The zero-order valence-corrected chi connectivity index (χ0v) is 11.5. The van der Waals surface area contributed by atoms with Crippen LogP contribution in [0.5, 0.6) is 0 Å². The van der Waals surface area contributed by atoms with Gasteiger partial charge in [-0.25, -0.2) is 0 Å². The number of H-pyrrole nitrogens is 1. The molecule has 0 saturated carbocycles. The molecule has 1 aromatic heterocycles. The largest absolute Gasteiger partial charge is 0.250 e. The van der Waals surface area contributed by atoms with Gasteiger partial charge < -0.3 is 0 Å². The lowest BCUT2D eigenvalue weighted by Crippen LogP contribution is -1.98. The summed E-state index contributed by atoms with van der Waals surface area (Å²) < 4.78 is 2.15. The highest BCUT2D eigenvalue weighted by atomic mass is 35.5. The van der Waals surface area contributed by atoms with Crippen molar-refractivity contribution in [3.63, 3.8) is 0 Å².